The maximum atomic E-state index is 13.1. The van der Waals surface area contributed by atoms with Gasteiger partial charge in [-0.05, 0) is 57.2 Å². The predicted molar refractivity (Wildman–Crippen MR) is 165 cm³/mol. The molecule has 0 saturated carbocycles. The van der Waals surface area contributed by atoms with Crippen LogP contribution in [0.5, 0.6) is 0 Å². The Balaban J connectivity index is 1.45. The fraction of sp³-hybridized carbons (Fsp3) is 0.118. The van der Waals surface area contributed by atoms with E-state index in [2.05, 4.69) is 11.4 Å². The molecule has 42 heavy (non-hydrogen) atoms. The van der Waals surface area contributed by atoms with Crippen molar-refractivity contribution in [1.82, 2.24) is 4.98 Å². The first-order chi connectivity index (χ1) is 20.3. The molecule has 0 bridgehead atoms. The lowest BCUT2D eigenvalue weighted by atomic mass is 10.1. The number of hydrogen-bond donors (Lipinski definition) is 1. The molecule has 3 aromatic carbocycles. The van der Waals surface area contributed by atoms with Gasteiger partial charge in [0, 0.05) is 22.8 Å². The van der Waals surface area contributed by atoms with Crippen molar-refractivity contribution in [2.45, 2.75) is 20.8 Å². The highest BCUT2D eigenvalue weighted by Gasteiger charge is 2.19. The minimum absolute atomic E-state index is 0.259. The predicted octanol–water partition coefficient (Wildman–Crippen LogP) is 8.18. The second-order valence-electron chi connectivity index (χ2n) is 9.55. The van der Waals surface area contributed by atoms with Gasteiger partial charge in [-0.3, -0.25) is 4.79 Å². The molecular weight excluding hydrogens is 546 g/mol. The fourth-order valence-corrected chi connectivity index (χ4v) is 5.11. The van der Waals surface area contributed by atoms with E-state index < -0.39 is 0 Å². The van der Waals surface area contributed by atoms with Crippen LogP contribution in [-0.2, 0) is 4.74 Å². The zero-order valence-electron chi connectivity index (χ0n) is 23.3. The molecule has 0 unspecified atom stereocenters. The molecule has 1 N–H and O–H groups in total. The number of nitrogens with one attached hydrogen (secondary N) is 1. The lowest BCUT2D eigenvalue weighted by Gasteiger charge is -2.06. The lowest BCUT2D eigenvalue weighted by Crippen LogP contribution is -2.11. The molecule has 2 heterocycles. The number of aromatic nitrogens is 1. The molecule has 0 aliphatic rings. The second-order valence-corrected chi connectivity index (χ2v) is 10.6. The van der Waals surface area contributed by atoms with Crippen LogP contribution in [0.15, 0.2) is 89.3 Å². The van der Waals surface area contributed by atoms with Gasteiger partial charge in [0.05, 0.1) is 17.7 Å². The number of anilines is 1. The number of carbonyl (C=O) groups excluding carboxylic acids is 2. The number of benzene rings is 3. The summed E-state index contributed by atoms with van der Waals surface area (Å²) < 4.78 is 11.0. The summed E-state index contributed by atoms with van der Waals surface area (Å²) in [7, 11) is 0. The summed E-state index contributed by atoms with van der Waals surface area (Å²) in [6.07, 6.45) is 1.62. The third kappa shape index (κ3) is 6.38. The van der Waals surface area contributed by atoms with Crippen LogP contribution < -0.4 is 5.32 Å². The molecular formula is C34H27N3O4S. The molecule has 1 amide bonds. The minimum Gasteiger partial charge on any atom is -0.462 e. The smallest absolute Gasteiger partial charge is 0.338 e. The second kappa shape index (κ2) is 12.5. The molecule has 0 atom stereocenters. The van der Waals surface area contributed by atoms with Crippen molar-refractivity contribution in [2.24, 2.45) is 0 Å². The summed E-state index contributed by atoms with van der Waals surface area (Å²) in [5.41, 5.74) is 5.62. The van der Waals surface area contributed by atoms with Crippen LogP contribution in [0.2, 0.25) is 0 Å². The Morgan fingerprint density at radius 1 is 0.905 bits per heavy atom. The lowest BCUT2D eigenvalue weighted by molar-refractivity contribution is 0.0526. The van der Waals surface area contributed by atoms with E-state index in [1.165, 1.54) is 11.3 Å². The van der Waals surface area contributed by atoms with E-state index in [0.29, 0.717) is 50.5 Å². The molecule has 2 aromatic heterocycles. The topological polar surface area (TPSA) is 105 Å². The van der Waals surface area contributed by atoms with Crippen LogP contribution in [0.3, 0.4) is 0 Å². The minimum atomic E-state index is -0.381. The fourth-order valence-electron chi connectivity index (χ4n) is 4.16. The van der Waals surface area contributed by atoms with Crippen molar-refractivity contribution in [3.05, 3.63) is 118 Å². The normalized spacial score (nSPS) is 11.1. The number of allylic oxidation sites excluding steroid dienone is 1. The summed E-state index contributed by atoms with van der Waals surface area (Å²) in [5, 5.41) is 14.0. The number of thiazole rings is 1. The summed E-state index contributed by atoms with van der Waals surface area (Å²) in [6, 6.07) is 27.9. The van der Waals surface area contributed by atoms with Crippen LogP contribution in [0.25, 0.3) is 34.2 Å². The van der Waals surface area contributed by atoms with Gasteiger partial charge < -0.3 is 14.5 Å². The number of hydrogen-bond acceptors (Lipinski definition) is 7. The first-order valence-corrected chi connectivity index (χ1v) is 14.1. The molecule has 0 spiro atoms. The average Bonchev–Trinajstić information content (AvgIpc) is 3.64. The van der Waals surface area contributed by atoms with Crippen molar-refractivity contribution < 1.29 is 18.7 Å². The van der Waals surface area contributed by atoms with Gasteiger partial charge in [-0.1, -0.05) is 71.0 Å². The molecule has 0 radical (unpaired) electrons. The quantitative estimate of drug-likeness (QED) is 0.148. The Labute approximate surface area is 247 Å². The third-order valence-electron chi connectivity index (χ3n) is 6.44. The molecule has 5 aromatic rings. The number of nitriles is 1. The van der Waals surface area contributed by atoms with Crippen molar-refractivity contribution in [3.8, 4) is 28.7 Å². The zero-order valence-corrected chi connectivity index (χ0v) is 24.1. The van der Waals surface area contributed by atoms with Crippen LogP contribution in [0, 0.1) is 25.2 Å². The molecule has 0 saturated heterocycles. The molecule has 5 rings (SSSR count). The molecule has 0 aliphatic heterocycles. The van der Waals surface area contributed by atoms with E-state index in [-0.39, 0.29) is 11.9 Å². The molecule has 0 aliphatic carbocycles. The Morgan fingerprint density at radius 2 is 1.52 bits per heavy atom. The first kappa shape index (κ1) is 28.3. The van der Waals surface area contributed by atoms with Crippen molar-refractivity contribution in [2.75, 3.05) is 11.9 Å². The standard InChI is InChI=1S/C34H27N3O4S/c1-4-40-34(39)26-15-13-23(14-16-26)29-18-17-28(41-29)19-27(20-35)32-36-30(24-9-5-21(2)6-10-24)33(42-32)37-31(38)25-11-7-22(3)8-12-25/h5-19H,4H2,1-3H3,(H,37,38). The van der Waals surface area contributed by atoms with Crippen LogP contribution in [0.1, 0.15) is 49.5 Å². The SMILES string of the molecule is CCOC(=O)c1ccc(-c2ccc(C=C(C#N)c3nc(-c4ccc(C)cc4)c(NC(=O)c4ccc(C)cc4)s3)o2)cc1. The largest absolute Gasteiger partial charge is 0.462 e. The van der Waals surface area contributed by atoms with Gasteiger partial charge in [0.15, 0.2) is 0 Å². The Bertz CT molecular complexity index is 1810. The number of aryl methyl sites for hydroxylation is 2. The van der Waals surface area contributed by atoms with Gasteiger partial charge in [0.25, 0.3) is 5.91 Å². The Hall–Kier alpha value is -5.26. The maximum Gasteiger partial charge on any atom is 0.338 e. The maximum absolute atomic E-state index is 13.1. The highest BCUT2D eigenvalue weighted by molar-refractivity contribution is 7.17. The highest BCUT2D eigenvalue weighted by Crippen LogP contribution is 2.37. The zero-order chi connectivity index (χ0) is 29.6. The number of ether oxygens (including phenoxy) is 1. The van der Waals surface area contributed by atoms with Gasteiger partial charge in [-0.15, -0.1) is 0 Å². The van der Waals surface area contributed by atoms with E-state index in [1.54, 1.807) is 61.5 Å². The van der Waals surface area contributed by atoms with Crippen molar-refractivity contribution >= 4 is 39.9 Å². The summed E-state index contributed by atoms with van der Waals surface area (Å²) in [6.45, 7) is 6.03. The Kier molecular flexibility index (Phi) is 8.42. The first-order valence-electron chi connectivity index (χ1n) is 13.3. The van der Waals surface area contributed by atoms with Gasteiger partial charge in [-0.25, -0.2) is 9.78 Å². The van der Waals surface area contributed by atoms with Crippen LogP contribution in [0.4, 0.5) is 5.00 Å². The average molecular weight is 574 g/mol. The summed E-state index contributed by atoms with van der Waals surface area (Å²) in [4.78, 5) is 29.8. The number of carbonyl (C=O) groups is 2. The van der Waals surface area contributed by atoms with Gasteiger partial charge in [0.1, 0.15) is 33.3 Å². The number of amides is 1. The van der Waals surface area contributed by atoms with Crippen LogP contribution >= 0.6 is 11.3 Å². The number of rotatable bonds is 8. The van der Waals surface area contributed by atoms with E-state index in [9.17, 15) is 14.9 Å². The summed E-state index contributed by atoms with van der Waals surface area (Å²) >= 11 is 1.23. The number of furan rings is 1. The number of esters is 1. The van der Waals surface area contributed by atoms with E-state index >= 15 is 0 Å². The Morgan fingerprint density at radius 3 is 2.17 bits per heavy atom. The van der Waals surface area contributed by atoms with Gasteiger partial charge in [-0.2, -0.15) is 5.26 Å². The van der Waals surface area contributed by atoms with Gasteiger partial charge in [0.2, 0.25) is 0 Å². The monoisotopic (exact) mass is 573 g/mol. The van der Waals surface area contributed by atoms with Crippen molar-refractivity contribution in [1.29, 1.82) is 5.26 Å². The molecule has 8 heteroatoms. The van der Waals surface area contributed by atoms with E-state index in [1.807, 2.05) is 50.2 Å². The van der Waals surface area contributed by atoms with Crippen LogP contribution in [-0.4, -0.2) is 23.5 Å². The van der Waals surface area contributed by atoms with E-state index in [0.717, 1.165) is 22.3 Å². The van der Waals surface area contributed by atoms with E-state index in [4.69, 9.17) is 14.1 Å². The molecule has 0 fully saturated rings. The van der Waals surface area contributed by atoms with Gasteiger partial charge >= 0.3 is 5.97 Å². The third-order valence-corrected chi connectivity index (χ3v) is 7.44. The van der Waals surface area contributed by atoms with Crippen molar-refractivity contribution in [3.63, 3.8) is 0 Å². The highest BCUT2D eigenvalue weighted by atomic mass is 32.1. The summed E-state index contributed by atoms with van der Waals surface area (Å²) in [5.74, 6) is 0.409. The number of nitrogens with zero attached hydrogens (tertiary/aromatic N) is 2. The molecule has 208 valence electrons. The molecule has 7 nitrogen and oxygen atoms in total.